The molecular weight excluding hydrogens is 344 g/mol. The van der Waals surface area contributed by atoms with E-state index in [1.807, 2.05) is 75.4 Å². The lowest BCUT2D eigenvalue weighted by molar-refractivity contribution is 0.0733. The summed E-state index contributed by atoms with van der Waals surface area (Å²) in [7, 11) is 0. The minimum Gasteiger partial charge on any atom is -0.423 e. The molecule has 0 amide bonds. The zero-order valence-electron chi connectivity index (χ0n) is 15.1. The van der Waals surface area contributed by atoms with E-state index in [0.29, 0.717) is 16.3 Å². The van der Waals surface area contributed by atoms with E-state index in [1.165, 1.54) is 0 Å². The first-order chi connectivity index (χ1) is 12.5. The molecule has 0 heterocycles. The molecule has 0 aliphatic heterocycles. The van der Waals surface area contributed by atoms with Gasteiger partial charge in [0.15, 0.2) is 0 Å². The second-order valence-corrected chi connectivity index (χ2v) is 7.03. The summed E-state index contributed by atoms with van der Waals surface area (Å²) in [5.41, 5.74) is 4.51. The summed E-state index contributed by atoms with van der Waals surface area (Å²) < 4.78 is 5.68. The highest BCUT2D eigenvalue weighted by molar-refractivity contribution is 6.31. The molecule has 0 aromatic heterocycles. The average Bonchev–Trinajstić information content (AvgIpc) is 2.65. The van der Waals surface area contributed by atoms with E-state index >= 15 is 0 Å². The molecule has 0 spiro atoms. The second kappa shape index (κ2) is 7.76. The summed E-state index contributed by atoms with van der Waals surface area (Å²) in [5.74, 6) is 0.406. The van der Waals surface area contributed by atoms with Crippen LogP contribution in [-0.2, 0) is 0 Å². The van der Waals surface area contributed by atoms with Crippen LogP contribution in [0.4, 0.5) is 0 Å². The second-order valence-electron chi connectivity index (χ2n) is 6.63. The van der Waals surface area contributed by atoms with Gasteiger partial charge in [0.25, 0.3) is 0 Å². The van der Waals surface area contributed by atoms with E-state index in [2.05, 4.69) is 0 Å². The number of carbonyl (C=O) groups is 1. The van der Waals surface area contributed by atoms with Crippen molar-refractivity contribution in [2.45, 2.75) is 26.7 Å². The normalized spacial score (nSPS) is 10.8. The van der Waals surface area contributed by atoms with Crippen molar-refractivity contribution < 1.29 is 9.53 Å². The third kappa shape index (κ3) is 3.97. The summed E-state index contributed by atoms with van der Waals surface area (Å²) in [6.45, 7) is 6.00. The first-order valence-corrected chi connectivity index (χ1v) is 9.01. The van der Waals surface area contributed by atoms with Gasteiger partial charge in [0.2, 0.25) is 0 Å². The zero-order chi connectivity index (χ0) is 18.7. The van der Waals surface area contributed by atoms with Gasteiger partial charge in [-0.25, -0.2) is 4.79 Å². The van der Waals surface area contributed by atoms with Crippen LogP contribution in [0, 0.1) is 6.92 Å². The number of halogens is 1. The Labute approximate surface area is 159 Å². The predicted octanol–water partition coefficient (Wildman–Crippen LogP) is 6.66. The highest BCUT2D eigenvalue weighted by Crippen LogP contribution is 2.32. The molecule has 3 aromatic carbocycles. The SMILES string of the molecule is Cc1cc(OC(=O)c2ccc(-c3ccccc3)cc2)c(C(C)C)cc1Cl. The van der Waals surface area contributed by atoms with Crippen molar-refractivity contribution in [1.29, 1.82) is 0 Å². The topological polar surface area (TPSA) is 26.3 Å². The lowest BCUT2D eigenvalue weighted by Gasteiger charge is -2.15. The van der Waals surface area contributed by atoms with E-state index in [-0.39, 0.29) is 11.9 Å². The predicted molar refractivity (Wildman–Crippen MR) is 107 cm³/mol. The lowest BCUT2D eigenvalue weighted by Crippen LogP contribution is -2.10. The molecule has 2 nitrogen and oxygen atoms in total. The van der Waals surface area contributed by atoms with Gasteiger partial charge in [0.1, 0.15) is 5.75 Å². The van der Waals surface area contributed by atoms with Crippen molar-refractivity contribution in [3.63, 3.8) is 0 Å². The highest BCUT2D eigenvalue weighted by atomic mass is 35.5. The molecule has 0 saturated carbocycles. The standard InChI is InChI=1S/C23H21ClO2/c1-15(2)20-14-21(24)16(3)13-22(20)26-23(25)19-11-9-18(10-12-19)17-7-5-4-6-8-17/h4-15H,1-3H3. The highest BCUT2D eigenvalue weighted by Gasteiger charge is 2.16. The van der Waals surface area contributed by atoms with E-state index in [9.17, 15) is 4.79 Å². The lowest BCUT2D eigenvalue weighted by atomic mass is 10.0. The summed E-state index contributed by atoms with van der Waals surface area (Å²) in [6.07, 6.45) is 0. The van der Waals surface area contributed by atoms with Crippen molar-refractivity contribution in [3.05, 3.63) is 88.4 Å². The van der Waals surface area contributed by atoms with Crippen LogP contribution in [-0.4, -0.2) is 5.97 Å². The molecule has 132 valence electrons. The van der Waals surface area contributed by atoms with Crippen molar-refractivity contribution in [1.82, 2.24) is 0 Å². The molecule has 26 heavy (non-hydrogen) atoms. The Morgan fingerprint density at radius 3 is 2.15 bits per heavy atom. The zero-order valence-corrected chi connectivity index (χ0v) is 15.9. The van der Waals surface area contributed by atoms with Gasteiger partial charge in [-0.3, -0.25) is 0 Å². The van der Waals surface area contributed by atoms with Gasteiger partial charge < -0.3 is 4.74 Å². The molecule has 3 aromatic rings. The fraction of sp³-hybridized carbons (Fsp3) is 0.174. The Hall–Kier alpha value is -2.58. The number of ether oxygens (including phenoxy) is 1. The van der Waals surface area contributed by atoms with E-state index in [1.54, 1.807) is 12.1 Å². The number of rotatable bonds is 4. The average molecular weight is 365 g/mol. The summed E-state index contributed by atoms with van der Waals surface area (Å²) in [4.78, 5) is 12.6. The molecule has 0 aliphatic carbocycles. The Bertz CT molecular complexity index is 913. The molecule has 0 aliphatic rings. The van der Waals surface area contributed by atoms with Crippen molar-refractivity contribution in [2.24, 2.45) is 0 Å². The third-order valence-corrected chi connectivity index (χ3v) is 4.75. The summed E-state index contributed by atoms with van der Waals surface area (Å²) in [6, 6.07) is 21.2. The molecule has 3 heteroatoms. The van der Waals surface area contributed by atoms with Crippen LogP contribution < -0.4 is 4.74 Å². The van der Waals surface area contributed by atoms with E-state index in [0.717, 1.165) is 22.3 Å². The molecule has 0 saturated heterocycles. The summed E-state index contributed by atoms with van der Waals surface area (Å²) in [5, 5.41) is 0.681. The van der Waals surface area contributed by atoms with Gasteiger partial charge in [0.05, 0.1) is 5.56 Å². The van der Waals surface area contributed by atoms with Gasteiger partial charge in [-0.15, -0.1) is 0 Å². The Morgan fingerprint density at radius 2 is 1.54 bits per heavy atom. The van der Waals surface area contributed by atoms with Gasteiger partial charge in [-0.05, 0) is 59.4 Å². The molecule has 0 atom stereocenters. The Balaban J connectivity index is 1.84. The molecule has 0 bridgehead atoms. The third-order valence-electron chi connectivity index (χ3n) is 4.34. The van der Waals surface area contributed by atoms with Gasteiger partial charge in [-0.1, -0.05) is 67.9 Å². The van der Waals surface area contributed by atoms with Crippen molar-refractivity contribution in [3.8, 4) is 16.9 Å². The van der Waals surface area contributed by atoms with Crippen molar-refractivity contribution >= 4 is 17.6 Å². The monoisotopic (exact) mass is 364 g/mol. The fourth-order valence-corrected chi connectivity index (χ4v) is 2.97. The van der Waals surface area contributed by atoms with Gasteiger partial charge in [-0.2, -0.15) is 0 Å². The van der Waals surface area contributed by atoms with E-state index in [4.69, 9.17) is 16.3 Å². The Kier molecular flexibility index (Phi) is 5.43. The van der Waals surface area contributed by atoms with E-state index < -0.39 is 0 Å². The molecule has 3 rings (SSSR count). The minimum absolute atomic E-state index is 0.205. The number of esters is 1. The first kappa shape index (κ1) is 18.2. The van der Waals surface area contributed by atoms with Crippen molar-refractivity contribution in [2.75, 3.05) is 0 Å². The van der Waals surface area contributed by atoms with Gasteiger partial charge >= 0.3 is 5.97 Å². The number of benzene rings is 3. The molecule has 0 N–H and O–H groups in total. The number of hydrogen-bond acceptors (Lipinski definition) is 2. The quantitative estimate of drug-likeness (QED) is 0.382. The first-order valence-electron chi connectivity index (χ1n) is 8.63. The number of aryl methyl sites for hydroxylation is 1. The maximum atomic E-state index is 12.6. The van der Waals surface area contributed by atoms with Crippen LogP contribution in [0.2, 0.25) is 5.02 Å². The Morgan fingerprint density at radius 1 is 0.923 bits per heavy atom. The molecular formula is C23H21ClO2. The molecule has 0 unspecified atom stereocenters. The maximum Gasteiger partial charge on any atom is 0.343 e. The molecule has 0 fully saturated rings. The largest absolute Gasteiger partial charge is 0.423 e. The maximum absolute atomic E-state index is 12.6. The van der Waals surface area contributed by atoms with Crippen LogP contribution in [0.3, 0.4) is 0 Å². The van der Waals surface area contributed by atoms with Crippen LogP contribution in [0.5, 0.6) is 5.75 Å². The number of hydrogen-bond donors (Lipinski definition) is 0. The van der Waals surface area contributed by atoms with Gasteiger partial charge in [0, 0.05) is 5.02 Å². The fourth-order valence-electron chi connectivity index (χ4n) is 2.80. The molecule has 0 radical (unpaired) electrons. The smallest absolute Gasteiger partial charge is 0.343 e. The number of carbonyl (C=O) groups excluding carboxylic acids is 1. The van der Waals surface area contributed by atoms with Crippen LogP contribution in [0.15, 0.2) is 66.7 Å². The minimum atomic E-state index is -0.367. The summed E-state index contributed by atoms with van der Waals surface area (Å²) >= 11 is 6.22. The van der Waals surface area contributed by atoms with Crippen LogP contribution in [0.25, 0.3) is 11.1 Å². The van der Waals surface area contributed by atoms with Crippen LogP contribution >= 0.6 is 11.6 Å². The van der Waals surface area contributed by atoms with Crippen LogP contribution in [0.1, 0.15) is 41.3 Å².